The number of hydrogen-bond donors (Lipinski definition) is 1. The van der Waals surface area contributed by atoms with Crippen molar-refractivity contribution in [3.05, 3.63) is 64.0 Å². The van der Waals surface area contributed by atoms with E-state index in [9.17, 15) is 0 Å². The average molecular weight is 425 g/mol. The van der Waals surface area contributed by atoms with Gasteiger partial charge in [-0.05, 0) is 43.2 Å². The fraction of sp³-hybridized carbons (Fsp3) is 0.150. The Morgan fingerprint density at radius 2 is 1.88 bits per heavy atom. The van der Waals surface area contributed by atoms with Crippen molar-refractivity contribution in [3.8, 4) is 11.1 Å². The Bertz CT molecular complexity index is 1070. The highest BCUT2D eigenvalue weighted by atomic mass is 79.9. The Morgan fingerprint density at radius 3 is 2.62 bits per heavy atom. The second-order valence-corrected chi connectivity index (χ2v) is 7.97. The van der Waals surface area contributed by atoms with Crippen molar-refractivity contribution in [2.45, 2.75) is 20.3 Å². The Kier molecular flexibility index (Phi) is 4.70. The van der Waals surface area contributed by atoms with Crippen molar-refractivity contribution in [2.24, 2.45) is 0 Å². The lowest BCUT2D eigenvalue weighted by Gasteiger charge is -2.10. The summed E-state index contributed by atoms with van der Waals surface area (Å²) in [5.41, 5.74) is 4.34. The molecule has 0 radical (unpaired) electrons. The Balaban J connectivity index is 1.91. The molecule has 0 bridgehead atoms. The zero-order valence-electron chi connectivity index (χ0n) is 14.5. The molecule has 0 fully saturated rings. The van der Waals surface area contributed by atoms with Crippen LogP contribution in [-0.2, 0) is 6.42 Å². The first kappa shape index (κ1) is 17.1. The molecule has 1 N–H and O–H groups in total. The topological polar surface area (TPSA) is 50.7 Å². The number of thiophene rings is 1. The molecule has 0 aliphatic heterocycles. The van der Waals surface area contributed by atoms with Gasteiger partial charge in [0.1, 0.15) is 17.0 Å². The van der Waals surface area contributed by atoms with Crippen LogP contribution in [0, 0.1) is 6.92 Å². The minimum Gasteiger partial charge on any atom is -0.339 e. The maximum absolute atomic E-state index is 4.54. The number of nitrogens with one attached hydrogen (secondary N) is 1. The minimum absolute atomic E-state index is 0.828. The highest BCUT2D eigenvalue weighted by Crippen LogP contribution is 2.41. The predicted octanol–water partition coefficient (Wildman–Crippen LogP) is 6.13. The van der Waals surface area contributed by atoms with E-state index >= 15 is 0 Å². The van der Waals surface area contributed by atoms with Crippen molar-refractivity contribution in [2.75, 3.05) is 5.32 Å². The van der Waals surface area contributed by atoms with Gasteiger partial charge in [-0.15, -0.1) is 11.3 Å². The molecule has 0 atom stereocenters. The zero-order chi connectivity index (χ0) is 18.1. The summed E-state index contributed by atoms with van der Waals surface area (Å²) in [6, 6.07) is 12.4. The molecule has 0 unspecified atom stereocenters. The number of pyridine rings is 1. The van der Waals surface area contributed by atoms with Gasteiger partial charge in [-0.3, -0.25) is 4.98 Å². The van der Waals surface area contributed by atoms with Gasteiger partial charge in [-0.2, -0.15) is 0 Å². The average Bonchev–Trinajstić information content (AvgIpc) is 3.02. The summed E-state index contributed by atoms with van der Waals surface area (Å²) in [5, 5.41) is 4.53. The lowest BCUT2D eigenvalue weighted by atomic mass is 10.0. The number of fused-ring (bicyclic) bond motifs is 1. The molecule has 4 rings (SSSR count). The van der Waals surface area contributed by atoms with Crippen LogP contribution in [0.15, 0.2) is 53.4 Å². The van der Waals surface area contributed by atoms with Crippen LogP contribution in [0.25, 0.3) is 21.3 Å². The van der Waals surface area contributed by atoms with E-state index in [0.717, 1.165) is 38.3 Å². The van der Waals surface area contributed by atoms with Crippen LogP contribution in [0.4, 0.5) is 11.5 Å². The number of rotatable bonds is 4. The number of halogens is 1. The first-order valence-electron chi connectivity index (χ1n) is 8.37. The van der Waals surface area contributed by atoms with E-state index in [2.05, 4.69) is 67.4 Å². The van der Waals surface area contributed by atoms with Crippen molar-refractivity contribution >= 4 is 49.0 Å². The smallest absolute Gasteiger partial charge is 0.143 e. The van der Waals surface area contributed by atoms with E-state index in [1.807, 2.05) is 19.1 Å². The highest BCUT2D eigenvalue weighted by Gasteiger charge is 2.18. The summed E-state index contributed by atoms with van der Waals surface area (Å²) in [5.74, 6) is 0.828. The standard InChI is InChI=1S/C20H17BrN4S/c1-3-16-17(13-4-6-14(21)7-5-13)18-19(23-11-24-20(18)26-16)25-15-8-9-22-12(2)10-15/h4-11H,3H2,1-2H3,(H,22,23,24,25). The summed E-state index contributed by atoms with van der Waals surface area (Å²) < 4.78 is 1.07. The second-order valence-electron chi connectivity index (χ2n) is 5.97. The van der Waals surface area contributed by atoms with Gasteiger partial charge in [-0.1, -0.05) is 35.0 Å². The molecule has 0 aliphatic carbocycles. The molecule has 1 aromatic carbocycles. The Labute approximate surface area is 164 Å². The molecule has 4 aromatic rings. The molecule has 3 heterocycles. The Hall–Kier alpha value is -2.31. The summed E-state index contributed by atoms with van der Waals surface area (Å²) >= 11 is 5.25. The van der Waals surface area contributed by atoms with Crippen molar-refractivity contribution in [1.82, 2.24) is 15.0 Å². The third-order valence-electron chi connectivity index (χ3n) is 4.17. The van der Waals surface area contributed by atoms with Crippen molar-refractivity contribution < 1.29 is 0 Å². The molecular weight excluding hydrogens is 408 g/mol. The number of aryl methyl sites for hydroxylation is 2. The van der Waals surface area contributed by atoms with Crippen molar-refractivity contribution in [3.63, 3.8) is 0 Å². The minimum atomic E-state index is 0.828. The van der Waals surface area contributed by atoms with E-state index in [4.69, 9.17) is 0 Å². The van der Waals surface area contributed by atoms with E-state index in [-0.39, 0.29) is 0 Å². The van der Waals surface area contributed by atoms with Gasteiger partial charge in [0.2, 0.25) is 0 Å². The zero-order valence-corrected chi connectivity index (χ0v) is 16.9. The monoisotopic (exact) mass is 424 g/mol. The number of hydrogen-bond acceptors (Lipinski definition) is 5. The lowest BCUT2D eigenvalue weighted by molar-refractivity contribution is 1.19. The third-order valence-corrected chi connectivity index (χ3v) is 5.95. The number of benzene rings is 1. The van der Waals surface area contributed by atoms with Gasteiger partial charge in [0.05, 0.1) is 5.39 Å². The van der Waals surface area contributed by atoms with Crippen molar-refractivity contribution in [1.29, 1.82) is 0 Å². The molecule has 26 heavy (non-hydrogen) atoms. The van der Waals surface area contributed by atoms with Gasteiger partial charge in [0.25, 0.3) is 0 Å². The van der Waals surface area contributed by atoms with Gasteiger partial charge >= 0.3 is 0 Å². The number of nitrogens with zero attached hydrogens (tertiary/aromatic N) is 3. The third kappa shape index (κ3) is 3.22. The molecule has 3 aromatic heterocycles. The maximum atomic E-state index is 4.54. The van der Waals surface area contributed by atoms with E-state index in [1.54, 1.807) is 23.9 Å². The van der Waals surface area contributed by atoms with E-state index < -0.39 is 0 Å². The van der Waals surface area contributed by atoms with Crippen LogP contribution in [-0.4, -0.2) is 15.0 Å². The Morgan fingerprint density at radius 1 is 1.08 bits per heavy atom. The summed E-state index contributed by atoms with van der Waals surface area (Å²) in [6.45, 7) is 4.16. The molecule has 0 saturated carbocycles. The molecule has 6 heteroatoms. The summed E-state index contributed by atoms with van der Waals surface area (Å²) in [4.78, 5) is 15.6. The largest absolute Gasteiger partial charge is 0.339 e. The molecule has 0 amide bonds. The normalized spacial score (nSPS) is 11.0. The van der Waals surface area contributed by atoms with E-state index in [0.29, 0.717) is 0 Å². The maximum Gasteiger partial charge on any atom is 0.143 e. The first-order chi connectivity index (χ1) is 12.7. The fourth-order valence-corrected chi connectivity index (χ4v) is 4.37. The number of anilines is 2. The van der Waals surface area contributed by atoms with Gasteiger partial charge in [0.15, 0.2) is 0 Å². The van der Waals surface area contributed by atoms with Crippen LogP contribution in [0.2, 0.25) is 0 Å². The first-order valence-corrected chi connectivity index (χ1v) is 9.98. The van der Waals surface area contributed by atoms with Gasteiger partial charge in [-0.25, -0.2) is 9.97 Å². The van der Waals surface area contributed by atoms with Crippen LogP contribution < -0.4 is 5.32 Å². The highest BCUT2D eigenvalue weighted by molar-refractivity contribution is 9.10. The molecule has 0 spiro atoms. The van der Waals surface area contributed by atoms with E-state index in [1.165, 1.54) is 16.0 Å². The van der Waals surface area contributed by atoms with Crippen LogP contribution in [0.5, 0.6) is 0 Å². The summed E-state index contributed by atoms with van der Waals surface area (Å²) in [6.07, 6.45) is 4.39. The predicted molar refractivity (Wildman–Crippen MR) is 112 cm³/mol. The second kappa shape index (κ2) is 7.13. The fourth-order valence-electron chi connectivity index (χ4n) is 3.00. The molecule has 0 saturated heterocycles. The van der Waals surface area contributed by atoms with Crippen LogP contribution >= 0.6 is 27.3 Å². The summed E-state index contributed by atoms with van der Waals surface area (Å²) in [7, 11) is 0. The molecule has 4 nitrogen and oxygen atoms in total. The van der Waals surface area contributed by atoms with Crippen LogP contribution in [0.1, 0.15) is 17.5 Å². The SMILES string of the molecule is CCc1sc2ncnc(Nc3ccnc(C)c3)c2c1-c1ccc(Br)cc1. The van der Waals surface area contributed by atoms with Gasteiger partial charge < -0.3 is 5.32 Å². The van der Waals surface area contributed by atoms with Gasteiger partial charge in [0, 0.05) is 32.5 Å². The quantitative estimate of drug-likeness (QED) is 0.427. The lowest BCUT2D eigenvalue weighted by Crippen LogP contribution is -1.96. The molecule has 130 valence electrons. The molecular formula is C20H17BrN4S. The van der Waals surface area contributed by atoms with Crippen LogP contribution in [0.3, 0.4) is 0 Å². The molecule has 0 aliphatic rings. The number of aromatic nitrogens is 3.